The zero-order chi connectivity index (χ0) is 23.7. The molecule has 0 radical (unpaired) electrons. The summed E-state index contributed by atoms with van der Waals surface area (Å²) in [6.07, 6.45) is 1.74. The zero-order valence-electron chi connectivity index (χ0n) is 18.0. The van der Waals surface area contributed by atoms with Gasteiger partial charge in [-0.15, -0.1) is 0 Å². The van der Waals surface area contributed by atoms with Crippen LogP contribution in [0.2, 0.25) is 5.02 Å². The molecule has 9 heteroatoms. The first kappa shape index (κ1) is 22.7. The van der Waals surface area contributed by atoms with E-state index < -0.39 is 18.0 Å². The fraction of sp³-hybridized carbons (Fsp3) is 0.167. The average molecular weight is 483 g/mol. The van der Waals surface area contributed by atoms with E-state index in [-0.39, 0.29) is 11.1 Å². The number of methoxy groups -OCH3 is 1. The summed E-state index contributed by atoms with van der Waals surface area (Å²) in [5.41, 5.74) is 1.86. The predicted molar refractivity (Wildman–Crippen MR) is 125 cm³/mol. The van der Waals surface area contributed by atoms with Crippen molar-refractivity contribution in [2.75, 3.05) is 7.11 Å². The molecule has 0 amide bonds. The topological polar surface area (TPSA) is 87.0 Å². The van der Waals surface area contributed by atoms with Crippen molar-refractivity contribution < 1.29 is 19.1 Å². The van der Waals surface area contributed by atoms with Crippen molar-refractivity contribution in [3.8, 4) is 5.75 Å². The van der Waals surface area contributed by atoms with Crippen LogP contribution < -0.4 is 19.6 Å². The van der Waals surface area contributed by atoms with Gasteiger partial charge in [0, 0.05) is 11.9 Å². The molecule has 4 rings (SSSR count). The van der Waals surface area contributed by atoms with E-state index in [2.05, 4.69) is 4.99 Å². The number of halogens is 1. The van der Waals surface area contributed by atoms with Crippen molar-refractivity contribution in [1.29, 1.82) is 0 Å². The maximum Gasteiger partial charge on any atom is 0.338 e. The van der Waals surface area contributed by atoms with Crippen molar-refractivity contribution in [3.63, 3.8) is 0 Å². The molecule has 3 aromatic rings. The largest absolute Gasteiger partial charge is 0.466 e. The monoisotopic (exact) mass is 482 g/mol. The second-order valence-electron chi connectivity index (χ2n) is 7.29. The minimum Gasteiger partial charge on any atom is -0.466 e. The first-order valence-electron chi connectivity index (χ1n) is 9.93. The summed E-state index contributed by atoms with van der Waals surface area (Å²) in [5.74, 6) is -0.655. The molecule has 0 N–H and O–H groups in total. The van der Waals surface area contributed by atoms with Crippen molar-refractivity contribution in [1.82, 2.24) is 4.57 Å². The van der Waals surface area contributed by atoms with Crippen molar-refractivity contribution >= 4 is 41.0 Å². The van der Waals surface area contributed by atoms with Gasteiger partial charge in [0.25, 0.3) is 5.56 Å². The lowest BCUT2D eigenvalue weighted by Gasteiger charge is -2.24. The molecule has 168 valence electrons. The molecule has 1 aromatic heterocycles. The number of carbonyl (C=O) groups excluding carboxylic acids is 2. The summed E-state index contributed by atoms with van der Waals surface area (Å²) in [5, 5.41) is 0.561. The van der Waals surface area contributed by atoms with Crippen LogP contribution in [0.1, 0.15) is 31.0 Å². The lowest BCUT2D eigenvalue weighted by Crippen LogP contribution is -2.39. The number of fused-ring (bicyclic) bond motifs is 1. The van der Waals surface area contributed by atoms with Gasteiger partial charge in [0.05, 0.1) is 29.0 Å². The van der Waals surface area contributed by atoms with Crippen LogP contribution in [0.15, 0.2) is 69.6 Å². The molecule has 0 saturated carbocycles. The number of rotatable bonds is 4. The van der Waals surface area contributed by atoms with Gasteiger partial charge in [-0.05, 0) is 48.4 Å². The van der Waals surface area contributed by atoms with Gasteiger partial charge in [0.15, 0.2) is 4.80 Å². The highest BCUT2D eigenvalue weighted by molar-refractivity contribution is 7.07. The normalized spacial score (nSPS) is 15.6. The van der Waals surface area contributed by atoms with Crippen LogP contribution in [-0.4, -0.2) is 23.6 Å². The summed E-state index contributed by atoms with van der Waals surface area (Å²) < 4.78 is 12.0. The maximum atomic E-state index is 13.5. The van der Waals surface area contributed by atoms with Gasteiger partial charge in [0.1, 0.15) is 5.75 Å². The van der Waals surface area contributed by atoms with E-state index in [9.17, 15) is 14.4 Å². The standard InChI is InChI=1S/C24H19ClN2O5S/c1-13-20(23(30)31-3)21(16-7-9-18(10-8-16)32-14(2)28)27-22(29)19(33-24(27)26-13)12-15-5-4-6-17(25)11-15/h4-12,21H,1-3H3. The first-order chi connectivity index (χ1) is 15.8. The Kier molecular flexibility index (Phi) is 6.31. The SMILES string of the molecule is COC(=O)C1=C(C)N=c2sc(=Cc3cccc(Cl)c3)c(=O)n2C1c1ccc(OC(C)=O)cc1. The number of allylic oxidation sites excluding steroid dienone is 1. The van der Waals surface area contributed by atoms with Gasteiger partial charge in [-0.1, -0.05) is 47.2 Å². The van der Waals surface area contributed by atoms with Crippen LogP contribution in [0.25, 0.3) is 6.08 Å². The van der Waals surface area contributed by atoms with Crippen LogP contribution in [0.3, 0.4) is 0 Å². The van der Waals surface area contributed by atoms with Crippen LogP contribution in [0.4, 0.5) is 0 Å². The highest BCUT2D eigenvalue weighted by atomic mass is 35.5. The van der Waals surface area contributed by atoms with E-state index in [4.69, 9.17) is 21.1 Å². The van der Waals surface area contributed by atoms with Gasteiger partial charge >= 0.3 is 11.9 Å². The van der Waals surface area contributed by atoms with Crippen LogP contribution in [-0.2, 0) is 14.3 Å². The summed E-state index contributed by atoms with van der Waals surface area (Å²) in [7, 11) is 1.29. The average Bonchev–Trinajstić information content (AvgIpc) is 3.07. The van der Waals surface area contributed by atoms with Gasteiger partial charge in [-0.25, -0.2) is 9.79 Å². The Morgan fingerprint density at radius 1 is 1.18 bits per heavy atom. The number of carbonyl (C=O) groups is 2. The smallest absolute Gasteiger partial charge is 0.338 e. The molecule has 1 aliphatic rings. The van der Waals surface area contributed by atoms with E-state index in [0.29, 0.717) is 31.4 Å². The van der Waals surface area contributed by atoms with Crippen molar-refractivity contribution in [2.24, 2.45) is 4.99 Å². The fourth-order valence-corrected chi connectivity index (χ4v) is 4.89. The van der Waals surface area contributed by atoms with Crippen LogP contribution in [0, 0.1) is 0 Å². The molecule has 7 nitrogen and oxygen atoms in total. The number of hydrogen-bond donors (Lipinski definition) is 0. The molecule has 0 spiro atoms. The van der Waals surface area contributed by atoms with Gasteiger partial charge in [-0.3, -0.25) is 14.2 Å². The molecule has 0 bridgehead atoms. The zero-order valence-corrected chi connectivity index (χ0v) is 19.6. The Morgan fingerprint density at radius 3 is 2.55 bits per heavy atom. The molecule has 1 unspecified atom stereocenters. The lowest BCUT2D eigenvalue weighted by atomic mass is 9.96. The highest BCUT2D eigenvalue weighted by Gasteiger charge is 2.33. The van der Waals surface area contributed by atoms with Crippen LogP contribution >= 0.6 is 22.9 Å². The van der Waals surface area contributed by atoms with Crippen LogP contribution in [0.5, 0.6) is 5.75 Å². The molecule has 1 atom stereocenters. The minimum absolute atomic E-state index is 0.263. The van der Waals surface area contributed by atoms with Gasteiger partial charge in [-0.2, -0.15) is 0 Å². The number of thiazole rings is 1. The predicted octanol–water partition coefficient (Wildman–Crippen LogP) is 2.99. The van der Waals surface area contributed by atoms with E-state index >= 15 is 0 Å². The lowest BCUT2D eigenvalue weighted by molar-refractivity contribution is -0.136. The van der Waals surface area contributed by atoms with Gasteiger partial charge in [0.2, 0.25) is 0 Å². The fourth-order valence-electron chi connectivity index (χ4n) is 3.64. The van der Waals surface area contributed by atoms with E-state index in [1.165, 1.54) is 29.9 Å². The second kappa shape index (κ2) is 9.17. The summed E-state index contributed by atoms with van der Waals surface area (Å²) >= 11 is 7.31. The summed E-state index contributed by atoms with van der Waals surface area (Å²) in [4.78, 5) is 42.4. The minimum atomic E-state index is -0.749. The number of nitrogens with zero attached hydrogens (tertiary/aromatic N) is 2. The number of esters is 2. The summed E-state index contributed by atoms with van der Waals surface area (Å²) in [6.45, 7) is 3.02. The van der Waals surface area contributed by atoms with Crippen molar-refractivity contribution in [2.45, 2.75) is 19.9 Å². The molecular weight excluding hydrogens is 464 g/mol. The van der Waals surface area contributed by atoms with E-state index in [1.807, 2.05) is 6.07 Å². The molecule has 2 aromatic carbocycles. The van der Waals surface area contributed by atoms with E-state index in [1.54, 1.807) is 55.5 Å². The summed E-state index contributed by atoms with van der Waals surface area (Å²) in [6, 6.07) is 13.1. The maximum absolute atomic E-state index is 13.5. The number of benzene rings is 2. The van der Waals surface area contributed by atoms with E-state index in [0.717, 1.165) is 5.56 Å². The third kappa shape index (κ3) is 4.53. The Balaban J connectivity index is 1.91. The number of hydrogen-bond acceptors (Lipinski definition) is 7. The molecule has 2 heterocycles. The first-order valence-corrected chi connectivity index (χ1v) is 11.1. The molecular formula is C24H19ClN2O5S. The number of ether oxygens (including phenoxy) is 2. The quantitative estimate of drug-likeness (QED) is 0.421. The third-order valence-corrected chi connectivity index (χ3v) is 6.25. The Bertz CT molecular complexity index is 1470. The molecule has 0 aliphatic carbocycles. The van der Waals surface area contributed by atoms with Crippen molar-refractivity contribution in [3.05, 3.63) is 95.6 Å². The Morgan fingerprint density at radius 2 is 1.91 bits per heavy atom. The molecule has 0 saturated heterocycles. The van der Waals surface area contributed by atoms with Gasteiger partial charge < -0.3 is 9.47 Å². The molecule has 0 fully saturated rings. The highest BCUT2D eigenvalue weighted by Crippen LogP contribution is 2.31. The molecule has 33 heavy (non-hydrogen) atoms. The Hall–Kier alpha value is -3.49. The Labute approximate surface area is 197 Å². The second-order valence-corrected chi connectivity index (χ2v) is 8.74. The third-order valence-electron chi connectivity index (χ3n) is 5.03. The molecule has 1 aliphatic heterocycles. The number of aromatic nitrogens is 1.